The SMILES string of the molecule is NC1(C(=O)N[C@H](CO)C(=O)O)CCC1. The minimum Gasteiger partial charge on any atom is -0.480 e. The van der Waals surface area contributed by atoms with E-state index >= 15 is 0 Å². The van der Waals surface area contributed by atoms with Crippen LogP contribution in [-0.2, 0) is 9.59 Å². The molecule has 0 heterocycles. The summed E-state index contributed by atoms with van der Waals surface area (Å²) in [5.41, 5.74) is 4.74. The zero-order valence-corrected chi connectivity index (χ0v) is 7.69. The molecule has 1 atom stereocenters. The Morgan fingerprint density at radius 1 is 1.50 bits per heavy atom. The minimum atomic E-state index is -1.26. The van der Waals surface area contributed by atoms with Crippen molar-refractivity contribution in [3.8, 4) is 0 Å². The first-order chi connectivity index (χ1) is 6.49. The summed E-state index contributed by atoms with van der Waals surface area (Å²) in [4.78, 5) is 21.9. The van der Waals surface area contributed by atoms with E-state index < -0.39 is 30.1 Å². The van der Waals surface area contributed by atoms with Gasteiger partial charge in [0.25, 0.3) is 0 Å². The number of carboxylic acids is 1. The monoisotopic (exact) mass is 202 g/mol. The van der Waals surface area contributed by atoms with Gasteiger partial charge in [-0.15, -0.1) is 0 Å². The predicted octanol–water partition coefficient (Wildman–Crippen LogP) is -1.57. The zero-order chi connectivity index (χ0) is 10.8. The van der Waals surface area contributed by atoms with Crippen LogP contribution in [0.2, 0.25) is 0 Å². The quantitative estimate of drug-likeness (QED) is 0.440. The van der Waals surface area contributed by atoms with Crippen LogP contribution >= 0.6 is 0 Å². The Hall–Kier alpha value is -1.14. The molecule has 0 bridgehead atoms. The minimum absolute atomic E-state index is 0.495. The first-order valence-electron chi connectivity index (χ1n) is 4.43. The average molecular weight is 202 g/mol. The lowest BCUT2D eigenvalue weighted by atomic mass is 9.77. The summed E-state index contributed by atoms with van der Waals surface area (Å²) in [6.45, 7) is -0.628. The number of nitrogens with one attached hydrogen (secondary N) is 1. The third-order valence-electron chi connectivity index (χ3n) is 2.48. The number of rotatable bonds is 4. The maximum absolute atomic E-state index is 11.4. The lowest BCUT2D eigenvalue weighted by Gasteiger charge is -2.36. The van der Waals surface area contributed by atoms with Crippen LogP contribution in [0.15, 0.2) is 0 Å². The summed E-state index contributed by atoms with van der Waals surface area (Å²) in [5, 5.41) is 19.4. The fourth-order valence-corrected chi connectivity index (χ4v) is 1.27. The van der Waals surface area contributed by atoms with E-state index in [9.17, 15) is 9.59 Å². The molecule has 0 aromatic rings. The van der Waals surface area contributed by atoms with Crippen molar-refractivity contribution in [3.05, 3.63) is 0 Å². The molecule has 0 saturated heterocycles. The molecular formula is C8H14N2O4. The normalized spacial score (nSPS) is 20.7. The highest BCUT2D eigenvalue weighted by Gasteiger charge is 2.41. The van der Waals surface area contributed by atoms with Gasteiger partial charge in [-0.05, 0) is 19.3 Å². The summed E-state index contributed by atoms with van der Waals surface area (Å²) in [7, 11) is 0. The third-order valence-corrected chi connectivity index (χ3v) is 2.48. The number of carbonyl (C=O) groups excluding carboxylic acids is 1. The fourth-order valence-electron chi connectivity index (χ4n) is 1.27. The van der Waals surface area contributed by atoms with Crippen LogP contribution in [0.3, 0.4) is 0 Å². The molecule has 1 aliphatic rings. The van der Waals surface area contributed by atoms with Crippen LogP contribution < -0.4 is 11.1 Å². The van der Waals surface area contributed by atoms with Gasteiger partial charge in [-0.2, -0.15) is 0 Å². The van der Waals surface area contributed by atoms with Gasteiger partial charge >= 0.3 is 5.97 Å². The Morgan fingerprint density at radius 3 is 2.36 bits per heavy atom. The predicted molar refractivity (Wildman–Crippen MR) is 47.4 cm³/mol. The number of nitrogens with two attached hydrogens (primary N) is 1. The molecule has 0 spiro atoms. The molecule has 6 nitrogen and oxygen atoms in total. The van der Waals surface area contributed by atoms with Gasteiger partial charge in [0.15, 0.2) is 0 Å². The summed E-state index contributed by atoms with van der Waals surface area (Å²) < 4.78 is 0. The molecule has 80 valence electrons. The molecule has 6 heteroatoms. The summed E-state index contributed by atoms with van der Waals surface area (Å²) in [6.07, 6.45) is 2.01. The van der Waals surface area contributed by atoms with Gasteiger partial charge in [-0.1, -0.05) is 0 Å². The van der Waals surface area contributed by atoms with Gasteiger partial charge in [-0.25, -0.2) is 4.79 Å². The first kappa shape index (κ1) is 10.9. The van der Waals surface area contributed by atoms with E-state index in [0.717, 1.165) is 6.42 Å². The molecule has 0 aromatic carbocycles. The van der Waals surface area contributed by atoms with Crippen molar-refractivity contribution in [2.24, 2.45) is 5.73 Å². The fraction of sp³-hybridized carbons (Fsp3) is 0.750. The highest BCUT2D eigenvalue weighted by molar-refractivity contribution is 5.90. The van der Waals surface area contributed by atoms with Crippen molar-refractivity contribution in [1.29, 1.82) is 0 Å². The largest absolute Gasteiger partial charge is 0.480 e. The van der Waals surface area contributed by atoms with Gasteiger partial charge in [-0.3, -0.25) is 4.79 Å². The summed E-state index contributed by atoms with van der Waals surface area (Å²) in [5.74, 6) is -1.76. The summed E-state index contributed by atoms with van der Waals surface area (Å²) >= 11 is 0. The van der Waals surface area contributed by atoms with Crippen molar-refractivity contribution in [1.82, 2.24) is 5.32 Å². The van der Waals surface area contributed by atoms with E-state index in [-0.39, 0.29) is 0 Å². The van der Waals surface area contributed by atoms with Gasteiger partial charge in [0.1, 0.15) is 6.04 Å². The second-order valence-electron chi connectivity index (χ2n) is 3.56. The first-order valence-corrected chi connectivity index (χ1v) is 4.43. The molecule has 1 aliphatic carbocycles. The van der Waals surface area contributed by atoms with Crippen molar-refractivity contribution >= 4 is 11.9 Å². The van der Waals surface area contributed by atoms with Crippen LogP contribution in [0, 0.1) is 0 Å². The maximum atomic E-state index is 11.4. The van der Waals surface area contributed by atoms with Crippen molar-refractivity contribution in [2.45, 2.75) is 30.8 Å². The number of amides is 1. The van der Waals surface area contributed by atoms with Crippen LogP contribution in [0.1, 0.15) is 19.3 Å². The lowest BCUT2D eigenvalue weighted by Crippen LogP contribution is -2.61. The number of aliphatic carboxylic acids is 1. The maximum Gasteiger partial charge on any atom is 0.328 e. The van der Waals surface area contributed by atoms with Crippen molar-refractivity contribution in [2.75, 3.05) is 6.61 Å². The molecule has 1 rings (SSSR count). The molecule has 1 fully saturated rings. The highest BCUT2D eigenvalue weighted by atomic mass is 16.4. The number of carbonyl (C=O) groups is 2. The topological polar surface area (TPSA) is 113 Å². The smallest absolute Gasteiger partial charge is 0.328 e. The van der Waals surface area contributed by atoms with Crippen LogP contribution in [0.4, 0.5) is 0 Å². The Morgan fingerprint density at radius 2 is 2.07 bits per heavy atom. The van der Waals surface area contributed by atoms with E-state index in [1.54, 1.807) is 0 Å². The van der Waals surface area contributed by atoms with Crippen LogP contribution in [-0.4, -0.2) is 40.3 Å². The lowest BCUT2D eigenvalue weighted by molar-refractivity contribution is -0.144. The van der Waals surface area contributed by atoms with Crippen LogP contribution in [0.25, 0.3) is 0 Å². The Kier molecular flexibility index (Phi) is 3.07. The van der Waals surface area contributed by atoms with Gasteiger partial charge in [0.2, 0.25) is 5.91 Å². The molecule has 1 saturated carbocycles. The molecule has 1 amide bonds. The Bertz CT molecular complexity index is 250. The van der Waals surface area contributed by atoms with Gasteiger partial charge < -0.3 is 21.3 Å². The second kappa shape index (κ2) is 3.93. The standard InChI is InChI=1S/C8H14N2O4/c9-8(2-1-3-8)7(14)10-5(4-11)6(12)13/h5,11H,1-4,9H2,(H,10,14)(H,12,13)/t5-/m1/s1. The Labute approximate surface area is 81.1 Å². The van der Waals surface area contributed by atoms with Gasteiger partial charge in [0.05, 0.1) is 12.1 Å². The third kappa shape index (κ3) is 2.02. The molecule has 0 aromatic heterocycles. The van der Waals surface area contributed by atoms with Crippen molar-refractivity contribution < 1.29 is 19.8 Å². The molecule has 14 heavy (non-hydrogen) atoms. The number of carboxylic acid groups (broad SMARTS) is 1. The number of hydrogen-bond acceptors (Lipinski definition) is 4. The summed E-state index contributed by atoms with van der Waals surface area (Å²) in [6, 6.07) is -1.26. The zero-order valence-electron chi connectivity index (χ0n) is 7.69. The van der Waals surface area contributed by atoms with E-state index in [1.807, 2.05) is 0 Å². The van der Waals surface area contributed by atoms with Crippen LogP contribution in [0.5, 0.6) is 0 Å². The molecule has 0 unspecified atom stereocenters. The van der Waals surface area contributed by atoms with E-state index in [0.29, 0.717) is 12.8 Å². The number of hydrogen-bond donors (Lipinski definition) is 4. The molecule has 0 radical (unpaired) electrons. The molecular weight excluding hydrogens is 188 g/mol. The molecule has 0 aliphatic heterocycles. The van der Waals surface area contributed by atoms with Gasteiger partial charge in [0, 0.05) is 0 Å². The van der Waals surface area contributed by atoms with E-state index in [1.165, 1.54) is 0 Å². The number of aliphatic hydroxyl groups is 1. The van der Waals surface area contributed by atoms with E-state index in [4.69, 9.17) is 15.9 Å². The number of aliphatic hydroxyl groups excluding tert-OH is 1. The highest BCUT2D eigenvalue weighted by Crippen LogP contribution is 2.29. The average Bonchev–Trinajstić information content (AvgIpc) is 2.09. The Balaban J connectivity index is 2.50. The molecule has 5 N–H and O–H groups in total. The van der Waals surface area contributed by atoms with E-state index in [2.05, 4.69) is 5.32 Å². The van der Waals surface area contributed by atoms with Crippen molar-refractivity contribution in [3.63, 3.8) is 0 Å². The second-order valence-corrected chi connectivity index (χ2v) is 3.56.